The minimum atomic E-state index is -0.379. The molecule has 0 unspecified atom stereocenters. The second kappa shape index (κ2) is 6.04. The topological polar surface area (TPSA) is 91.6 Å². The first kappa shape index (κ1) is 14.8. The number of benzene rings is 2. The predicted molar refractivity (Wildman–Crippen MR) is 93.2 cm³/mol. The van der Waals surface area contributed by atoms with Crippen LogP contribution in [-0.2, 0) is 0 Å². The van der Waals surface area contributed by atoms with Gasteiger partial charge >= 0.3 is 0 Å². The Hall–Kier alpha value is -3.74. The molecule has 0 radical (unpaired) electrons. The zero-order valence-corrected chi connectivity index (χ0v) is 13.1. The lowest BCUT2D eigenvalue weighted by Gasteiger charge is -2.02. The van der Waals surface area contributed by atoms with Crippen molar-refractivity contribution in [3.8, 4) is 16.9 Å². The zero-order chi connectivity index (χ0) is 17.2. The maximum Gasteiger partial charge on any atom is 0.285 e. The number of carbonyl (C=O) groups is 1. The Morgan fingerprint density at radius 1 is 0.960 bits per heavy atom. The molecule has 2 aromatic carbocycles. The highest BCUT2D eigenvalue weighted by Crippen LogP contribution is 2.24. The van der Waals surface area contributed by atoms with E-state index in [4.69, 9.17) is 5.73 Å². The van der Waals surface area contributed by atoms with Crippen LogP contribution in [0.3, 0.4) is 0 Å². The van der Waals surface area contributed by atoms with E-state index in [0.717, 1.165) is 15.9 Å². The van der Waals surface area contributed by atoms with Crippen LogP contribution in [0.5, 0.6) is 0 Å². The molecule has 0 bridgehead atoms. The molecule has 122 valence electrons. The van der Waals surface area contributed by atoms with Crippen LogP contribution >= 0.6 is 0 Å². The van der Waals surface area contributed by atoms with Gasteiger partial charge < -0.3 is 5.73 Å². The lowest BCUT2D eigenvalue weighted by atomic mass is 10.1. The van der Waals surface area contributed by atoms with Crippen molar-refractivity contribution >= 4 is 11.9 Å². The Bertz CT molecular complexity index is 1020. The molecule has 0 aliphatic rings. The van der Waals surface area contributed by atoms with Crippen LogP contribution < -0.4 is 5.73 Å². The van der Waals surface area contributed by atoms with E-state index in [1.807, 2.05) is 60.7 Å². The molecule has 0 fully saturated rings. The fourth-order valence-corrected chi connectivity index (χ4v) is 2.57. The number of hydrogen-bond acceptors (Lipinski definition) is 5. The summed E-state index contributed by atoms with van der Waals surface area (Å²) in [5, 5.41) is 8.51. The predicted octanol–water partition coefficient (Wildman–Crippen LogP) is 2.40. The highest BCUT2D eigenvalue weighted by molar-refractivity contribution is 6.01. The molecule has 2 N–H and O–H groups in total. The van der Waals surface area contributed by atoms with E-state index in [1.54, 1.807) is 10.9 Å². The van der Waals surface area contributed by atoms with Gasteiger partial charge in [-0.05, 0) is 12.1 Å². The average Bonchev–Trinajstić information content (AvgIpc) is 3.29. The number of carbonyl (C=O) groups excluding carboxylic acids is 1. The Morgan fingerprint density at radius 3 is 2.28 bits per heavy atom. The fraction of sp³-hybridized carbons (Fsp3) is 0. The van der Waals surface area contributed by atoms with Gasteiger partial charge in [0.05, 0.1) is 11.3 Å². The van der Waals surface area contributed by atoms with Crippen molar-refractivity contribution in [1.82, 2.24) is 24.5 Å². The molecule has 0 saturated heterocycles. The molecule has 0 amide bonds. The summed E-state index contributed by atoms with van der Waals surface area (Å²) in [5.41, 5.74) is 8.37. The second-order valence-corrected chi connectivity index (χ2v) is 5.37. The number of nitrogens with zero attached hydrogens (tertiary/aromatic N) is 5. The van der Waals surface area contributed by atoms with E-state index in [9.17, 15) is 4.79 Å². The second-order valence-electron chi connectivity index (χ2n) is 5.37. The number of rotatable bonds is 3. The van der Waals surface area contributed by atoms with E-state index in [0.29, 0.717) is 11.3 Å². The van der Waals surface area contributed by atoms with Crippen LogP contribution in [0, 0.1) is 0 Å². The molecule has 2 aromatic heterocycles. The third-order valence-corrected chi connectivity index (χ3v) is 3.78. The summed E-state index contributed by atoms with van der Waals surface area (Å²) >= 11 is 0. The van der Waals surface area contributed by atoms with Crippen LogP contribution in [0.1, 0.15) is 10.4 Å². The number of hydrogen-bond donors (Lipinski definition) is 1. The van der Waals surface area contributed by atoms with Gasteiger partial charge in [0.2, 0.25) is 5.95 Å². The minimum Gasteiger partial charge on any atom is -0.368 e. The van der Waals surface area contributed by atoms with Gasteiger partial charge in [0.15, 0.2) is 0 Å². The molecule has 4 rings (SSSR count). The largest absolute Gasteiger partial charge is 0.368 e. The van der Waals surface area contributed by atoms with E-state index in [1.165, 1.54) is 6.33 Å². The summed E-state index contributed by atoms with van der Waals surface area (Å²) in [7, 11) is 0. The summed E-state index contributed by atoms with van der Waals surface area (Å²) in [6, 6.07) is 19.1. The van der Waals surface area contributed by atoms with Crippen molar-refractivity contribution in [1.29, 1.82) is 0 Å². The summed E-state index contributed by atoms with van der Waals surface area (Å²) in [6.07, 6.45) is 2.93. The van der Waals surface area contributed by atoms with Gasteiger partial charge in [-0.25, -0.2) is 4.68 Å². The van der Waals surface area contributed by atoms with Crippen LogP contribution in [0.2, 0.25) is 0 Å². The van der Waals surface area contributed by atoms with Crippen molar-refractivity contribution in [2.75, 3.05) is 5.73 Å². The van der Waals surface area contributed by atoms with Crippen LogP contribution in [0.25, 0.3) is 16.9 Å². The molecular weight excluding hydrogens is 316 g/mol. The summed E-state index contributed by atoms with van der Waals surface area (Å²) in [5.74, 6) is -0.340. The number of anilines is 1. The van der Waals surface area contributed by atoms with Crippen molar-refractivity contribution < 1.29 is 4.79 Å². The fourth-order valence-electron chi connectivity index (χ4n) is 2.57. The van der Waals surface area contributed by atoms with Gasteiger partial charge in [0, 0.05) is 11.8 Å². The van der Waals surface area contributed by atoms with Crippen LogP contribution in [0.15, 0.2) is 73.2 Å². The quantitative estimate of drug-likeness (QED) is 0.623. The first-order chi connectivity index (χ1) is 12.2. The molecule has 7 nitrogen and oxygen atoms in total. The Labute approximate surface area is 143 Å². The highest BCUT2D eigenvalue weighted by atomic mass is 16.2. The lowest BCUT2D eigenvalue weighted by molar-refractivity contribution is 0.0948. The van der Waals surface area contributed by atoms with Gasteiger partial charge in [-0.15, -0.1) is 0 Å². The maximum atomic E-state index is 12.9. The summed E-state index contributed by atoms with van der Waals surface area (Å²) in [4.78, 5) is 16.7. The van der Waals surface area contributed by atoms with Crippen molar-refractivity contribution in [2.45, 2.75) is 0 Å². The van der Waals surface area contributed by atoms with Crippen molar-refractivity contribution in [3.05, 3.63) is 78.8 Å². The first-order valence-corrected chi connectivity index (χ1v) is 7.65. The molecular formula is C18H14N6O. The van der Waals surface area contributed by atoms with Gasteiger partial charge in [0.25, 0.3) is 5.91 Å². The van der Waals surface area contributed by atoms with E-state index in [2.05, 4.69) is 15.2 Å². The normalized spacial score (nSPS) is 10.7. The van der Waals surface area contributed by atoms with Gasteiger partial charge in [-0.1, -0.05) is 48.5 Å². The van der Waals surface area contributed by atoms with E-state index >= 15 is 0 Å². The number of aromatic nitrogens is 5. The lowest BCUT2D eigenvalue weighted by Crippen LogP contribution is -2.16. The molecule has 0 aliphatic carbocycles. The zero-order valence-electron chi connectivity index (χ0n) is 13.1. The van der Waals surface area contributed by atoms with Crippen molar-refractivity contribution in [3.63, 3.8) is 0 Å². The Morgan fingerprint density at radius 2 is 1.64 bits per heavy atom. The number of para-hydroxylation sites is 1. The number of nitrogens with two attached hydrogens (primary N) is 1. The molecule has 0 atom stereocenters. The average molecular weight is 330 g/mol. The smallest absolute Gasteiger partial charge is 0.285 e. The van der Waals surface area contributed by atoms with Crippen LogP contribution in [0.4, 0.5) is 5.95 Å². The molecule has 0 saturated carbocycles. The Kier molecular flexibility index (Phi) is 3.59. The van der Waals surface area contributed by atoms with Crippen LogP contribution in [-0.4, -0.2) is 30.5 Å². The van der Waals surface area contributed by atoms with E-state index in [-0.39, 0.29) is 11.9 Å². The van der Waals surface area contributed by atoms with Crippen molar-refractivity contribution in [2.24, 2.45) is 0 Å². The minimum absolute atomic E-state index is 0.0384. The Balaban J connectivity index is 1.88. The molecule has 2 heterocycles. The third kappa shape index (κ3) is 2.67. The third-order valence-electron chi connectivity index (χ3n) is 3.78. The summed E-state index contributed by atoms with van der Waals surface area (Å²) in [6.45, 7) is 0. The maximum absolute atomic E-state index is 12.9. The van der Waals surface area contributed by atoms with Gasteiger partial charge in [-0.3, -0.25) is 4.79 Å². The standard InChI is InChI=1S/C18H14N6O/c19-18-20-12-21-24(18)17(25)15-11-23(14-9-5-2-6-10-14)22-16(15)13-7-3-1-4-8-13/h1-12H,(H2,19,20,21). The van der Waals surface area contributed by atoms with E-state index < -0.39 is 0 Å². The molecule has 0 spiro atoms. The molecule has 25 heavy (non-hydrogen) atoms. The summed E-state index contributed by atoms with van der Waals surface area (Å²) < 4.78 is 2.74. The highest BCUT2D eigenvalue weighted by Gasteiger charge is 2.22. The SMILES string of the molecule is Nc1ncnn1C(=O)c1cn(-c2ccccc2)nc1-c1ccccc1. The molecule has 7 heteroatoms. The monoisotopic (exact) mass is 330 g/mol. The molecule has 0 aliphatic heterocycles. The van der Waals surface area contributed by atoms with Gasteiger partial charge in [0.1, 0.15) is 12.0 Å². The molecule has 4 aromatic rings. The first-order valence-electron chi connectivity index (χ1n) is 7.65. The van der Waals surface area contributed by atoms with Gasteiger partial charge in [-0.2, -0.15) is 19.9 Å². The number of nitrogen functional groups attached to an aromatic ring is 1.